The highest BCUT2D eigenvalue weighted by atomic mass is 19.1. The Bertz CT molecular complexity index is 1170. The van der Waals surface area contributed by atoms with Gasteiger partial charge < -0.3 is 9.64 Å². The lowest BCUT2D eigenvalue weighted by molar-refractivity contribution is 0.122. The van der Waals surface area contributed by atoms with Crippen LogP contribution in [0.5, 0.6) is 0 Å². The van der Waals surface area contributed by atoms with Crippen molar-refractivity contribution in [2.75, 3.05) is 31.2 Å². The number of morpholine rings is 1. The Morgan fingerprint density at radius 3 is 2.41 bits per heavy atom. The minimum atomic E-state index is -0.699. The maximum Gasteiger partial charge on any atom is 0.162 e. The van der Waals surface area contributed by atoms with E-state index in [2.05, 4.69) is 32.1 Å². The molecule has 2 aromatic heterocycles. The second-order valence-corrected chi connectivity index (χ2v) is 6.76. The Labute approximate surface area is 165 Å². The van der Waals surface area contributed by atoms with Gasteiger partial charge in [-0.1, -0.05) is 0 Å². The van der Waals surface area contributed by atoms with E-state index in [9.17, 15) is 8.78 Å². The van der Waals surface area contributed by atoms with Crippen molar-refractivity contribution in [2.24, 2.45) is 0 Å². The number of hydrogen-bond acceptors (Lipinski definition) is 5. The van der Waals surface area contributed by atoms with E-state index in [-0.39, 0.29) is 11.4 Å². The summed E-state index contributed by atoms with van der Waals surface area (Å²) in [5.41, 5.74) is 3.45. The zero-order chi connectivity index (χ0) is 19.8. The molecular weight excluding hydrogens is 376 g/mol. The standard InChI is InChI=1S/C21H17F2N5O/c22-14-1-6-17(18(23)11-14)21-24-13-20-19(26-21)12-25-28(20)16-4-2-15(3-5-16)27-7-9-29-10-8-27/h1-6,11-13H,7-10H2. The molecule has 2 aromatic carbocycles. The van der Waals surface area contributed by atoms with Gasteiger partial charge >= 0.3 is 0 Å². The largest absolute Gasteiger partial charge is 0.378 e. The van der Waals surface area contributed by atoms with Crippen LogP contribution in [-0.2, 0) is 4.74 Å². The molecule has 0 amide bonds. The first kappa shape index (κ1) is 17.7. The Kier molecular flexibility index (Phi) is 4.40. The van der Waals surface area contributed by atoms with E-state index in [1.807, 2.05) is 12.1 Å². The van der Waals surface area contributed by atoms with Gasteiger partial charge in [0.15, 0.2) is 5.82 Å². The molecule has 1 fully saturated rings. The van der Waals surface area contributed by atoms with Crippen molar-refractivity contribution in [3.63, 3.8) is 0 Å². The molecule has 6 nitrogen and oxygen atoms in total. The van der Waals surface area contributed by atoms with Crippen molar-refractivity contribution in [1.82, 2.24) is 19.7 Å². The normalized spacial score (nSPS) is 14.5. The molecule has 1 aliphatic heterocycles. The fourth-order valence-corrected chi connectivity index (χ4v) is 3.45. The summed E-state index contributed by atoms with van der Waals surface area (Å²) in [4.78, 5) is 10.9. The molecule has 0 bridgehead atoms. The van der Waals surface area contributed by atoms with Crippen molar-refractivity contribution >= 4 is 16.7 Å². The summed E-state index contributed by atoms with van der Waals surface area (Å²) in [6, 6.07) is 11.4. The van der Waals surface area contributed by atoms with Crippen molar-refractivity contribution in [3.8, 4) is 17.1 Å². The maximum atomic E-state index is 14.0. The minimum Gasteiger partial charge on any atom is -0.378 e. The van der Waals surface area contributed by atoms with Crippen LogP contribution >= 0.6 is 0 Å². The summed E-state index contributed by atoms with van der Waals surface area (Å²) in [5, 5.41) is 4.41. The molecule has 0 radical (unpaired) electrons. The minimum absolute atomic E-state index is 0.149. The maximum absolute atomic E-state index is 14.0. The van der Waals surface area contributed by atoms with Gasteiger partial charge in [-0.05, 0) is 36.4 Å². The van der Waals surface area contributed by atoms with Crippen molar-refractivity contribution < 1.29 is 13.5 Å². The van der Waals surface area contributed by atoms with Crippen molar-refractivity contribution in [1.29, 1.82) is 0 Å². The zero-order valence-electron chi connectivity index (χ0n) is 15.4. The zero-order valence-corrected chi connectivity index (χ0v) is 15.4. The first-order valence-electron chi connectivity index (χ1n) is 9.28. The third kappa shape index (κ3) is 3.31. The molecule has 0 saturated carbocycles. The summed E-state index contributed by atoms with van der Waals surface area (Å²) >= 11 is 0. The van der Waals surface area contributed by atoms with E-state index >= 15 is 0 Å². The highest BCUT2D eigenvalue weighted by Gasteiger charge is 2.14. The SMILES string of the molecule is Fc1ccc(-c2ncc3c(cnn3-c3ccc(N4CCOCC4)cc3)n2)c(F)c1. The molecule has 8 heteroatoms. The van der Waals surface area contributed by atoms with E-state index in [1.54, 1.807) is 17.1 Å². The highest BCUT2D eigenvalue weighted by Crippen LogP contribution is 2.24. The number of halogens is 2. The lowest BCUT2D eigenvalue weighted by Gasteiger charge is -2.28. The Morgan fingerprint density at radius 2 is 1.66 bits per heavy atom. The van der Waals surface area contributed by atoms with Gasteiger partial charge in [-0.3, -0.25) is 0 Å². The third-order valence-electron chi connectivity index (χ3n) is 4.96. The fraction of sp³-hybridized carbons (Fsp3) is 0.190. The number of aromatic nitrogens is 4. The molecule has 0 atom stereocenters. The lowest BCUT2D eigenvalue weighted by atomic mass is 10.2. The van der Waals surface area contributed by atoms with Gasteiger partial charge in [-0.2, -0.15) is 5.10 Å². The predicted molar refractivity (Wildman–Crippen MR) is 105 cm³/mol. The van der Waals surface area contributed by atoms with Gasteiger partial charge in [0.1, 0.15) is 22.7 Å². The number of fused-ring (bicyclic) bond motifs is 1. The molecule has 0 aliphatic carbocycles. The van der Waals surface area contributed by atoms with Gasteiger partial charge in [-0.15, -0.1) is 0 Å². The molecule has 0 unspecified atom stereocenters. The number of ether oxygens (including phenoxy) is 1. The van der Waals surface area contributed by atoms with Crippen molar-refractivity contribution in [3.05, 3.63) is 66.5 Å². The number of hydrogen-bond donors (Lipinski definition) is 0. The van der Waals surface area contributed by atoms with Crippen LogP contribution in [0.2, 0.25) is 0 Å². The van der Waals surface area contributed by atoms with Crippen molar-refractivity contribution in [2.45, 2.75) is 0 Å². The molecule has 5 rings (SSSR count). The first-order valence-corrected chi connectivity index (χ1v) is 9.28. The van der Waals surface area contributed by atoms with Crippen LogP contribution in [0.15, 0.2) is 54.9 Å². The third-order valence-corrected chi connectivity index (χ3v) is 4.96. The fourth-order valence-electron chi connectivity index (χ4n) is 3.45. The van der Waals surface area contributed by atoms with Crippen LogP contribution in [0, 0.1) is 11.6 Å². The Balaban J connectivity index is 1.47. The van der Waals surface area contributed by atoms with E-state index in [0.717, 1.165) is 43.7 Å². The van der Waals surface area contributed by atoms with Gasteiger partial charge in [0.2, 0.25) is 0 Å². The Hall–Kier alpha value is -3.39. The summed E-state index contributed by atoms with van der Waals surface area (Å²) < 4.78 is 34.3. The van der Waals surface area contributed by atoms with Crippen LogP contribution < -0.4 is 4.90 Å². The number of rotatable bonds is 3. The number of anilines is 1. The second kappa shape index (κ2) is 7.21. The summed E-state index contributed by atoms with van der Waals surface area (Å²) in [7, 11) is 0. The first-order chi connectivity index (χ1) is 14.2. The van der Waals surface area contributed by atoms with Crippen LogP contribution in [-0.4, -0.2) is 46.1 Å². The number of nitrogens with zero attached hydrogens (tertiary/aromatic N) is 5. The molecule has 146 valence electrons. The second-order valence-electron chi connectivity index (χ2n) is 6.76. The van der Waals surface area contributed by atoms with E-state index in [4.69, 9.17) is 4.74 Å². The average molecular weight is 393 g/mol. The molecule has 0 spiro atoms. The molecular formula is C21H17F2N5O. The Morgan fingerprint density at radius 1 is 0.897 bits per heavy atom. The predicted octanol–water partition coefficient (Wildman–Crippen LogP) is 3.60. The quantitative estimate of drug-likeness (QED) is 0.532. The van der Waals surface area contributed by atoms with Gasteiger partial charge in [0, 0.05) is 24.8 Å². The van der Waals surface area contributed by atoms with Gasteiger partial charge in [0.05, 0.1) is 36.9 Å². The molecule has 1 aliphatic rings. The van der Waals surface area contributed by atoms with Crippen LogP contribution in [0.25, 0.3) is 28.1 Å². The monoisotopic (exact) mass is 393 g/mol. The van der Waals surface area contributed by atoms with Gasteiger partial charge in [0.25, 0.3) is 0 Å². The van der Waals surface area contributed by atoms with E-state index in [0.29, 0.717) is 11.0 Å². The van der Waals surface area contributed by atoms with Crippen LogP contribution in [0.3, 0.4) is 0 Å². The highest BCUT2D eigenvalue weighted by molar-refractivity contribution is 5.77. The van der Waals surface area contributed by atoms with E-state index < -0.39 is 11.6 Å². The average Bonchev–Trinajstić information content (AvgIpc) is 3.18. The summed E-state index contributed by atoms with van der Waals surface area (Å²) in [6.07, 6.45) is 3.21. The molecule has 0 N–H and O–H groups in total. The topological polar surface area (TPSA) is 56.1 Å². The van der Waals surface area contributed by atoms with E-state index in [1.165, 1.54) is 12.1 Å². The smallest absolute Gasteiger partial charge is 0.162 e. The molecule has 4 aromatic rings. The summed E-state index contributed by atoms with van der Waals surface area (Å²) in [5.74, 6) is -1.15. The van der Waals surface area contributed by atoms with Crippen LogP contribution in [0.1, 0.15) is 0 Å². The van der Waals surface area contributed by atoms with Gasteiger partial charge in [-0.25, -0.2) is 23.4 Å². The lowest BCUT2D eigenvalue weighted by Crippen LogP contribution is -2.36. The molecule has 3 heterocycles. The molecule has 1 saturated heterocycles. The number of benzene rings is 2. The van der Waals surface area contributed by atoms with Crippen LogP contribution in [0.4, 0.5) is 14.5 Å². The summed E-state index contributed by atoms with van der Waals surface area (Å²) in [6.45, 7) is 3.22. The molecule has 29 heavy (non-hydrogen) atoms.